The Bertz CT molecular complexity index is 503. The third-order valence-electron chi connectivity index (χ3n) is 3.39. The molecule has 0 heterocycles. The van der Waals surface area contributed by atoms with Crippen LogP contribution in [0.15, 0.2) is 12.1 Å². The number of carboxylic acids is 2. The molecule has 6 heteroatoms. The Morgan fingerprint density at radius 3 is 1.45 bits per heavy atom. The molecule has 0 aliphatic carbocycles. The van der Waals surface area contributed by atoms with Crippen LogP contribution in [0.5, 0.6) is 0 Å². The van der Waals surface area contributed by atoms with Crippen LogP contribution in [-0.2, 0) is 9.47 Å². The quantitative estimate of drug-likeness (QED) is 0.765. The molecular weight excluding hydrogens is 288 g/mol. The topological polar surface area (TPSA) is 93.1 Å². The third kappa shape index (κ3) is 3.84. The molecule has 1 aromatic carbocycles. The van der Waals surface area contributed by atoms with E-state index in [9.17, 15) is 19.8 Å². The van der Waals surface area contributed by atoms with Crippen LogP contribution in [0.25, 0.3) is 0 Å². The smallest absolute Gasteiger partial charge is 0.336 e. The fraction of sp³-hybridized carbons (Fsp3) is 0.500. The standard InChI is InChI=1S/C16H22O6/c1-5-21-9(3)13-11(15(17)18)7-8-12(16(19)20)14(13)10(4)22-6-2/h7-10H,5-6H2,1-4H3,(H,17,18)(H,19,20). The van der Waals surface area contributed by atoms with Crippen LogP contribution in [0.3, 0.4) is 0 Å². The number of ether oxygens (including phenoxy) is 2. The molecule has 0 aromatic heterocycles. The first-order valence-electron chi connectivity index (χ1n) is 7.21. The number of hydrogen-bond donors (Lipinski definition) is 2. The lowest BCUT2D eigenvalue weighted by atomic mass is 9.89. The van der Waals surface area contributed by atoms with Crippen molar-refractivity contribution in [2.75, 3.05) is 13.2 Å². The molecule has 0 aliphatic heterocycles. The highest BCUT2D eigenvalue weighted by Gasteiger charge is 2.28. The number of carbonyl (C=O) groups is 2. The second-order valence-electron chi connectivity index (χ2n) is 4.79. The zero-order valence-corrected chi connectivity index (χ0v) is 13.3. The van der Waals surface area contributed by atoms with E-state index in [0.29, 0.717) is 24.3 Å². The predicted molar refractivity (Wildman–Crippen MR) is 80.4 cm³/mol. The minimum atomic E-state index is -1.12. The van der Waals surface area contributed by atoms with Gasteiger partial charge in [-0.25, -0.2) is 9.59 Å². The summed E-state index contributed by atoms with van der Waals surface area (Å²) in [6.07, 6.45) is -1.10. The highest BCUT2D eigenvalue weighted by atomic mass is 16.5. The molecule has 2 atom stereocenters. The molecule has 2 unspecified atom stereocenters. The summed E-state index contributed by atoms with van der Waals surface area (Å²) >= 11 is 0. The molecule has 0 aliphatic rings. The van der Waals surface area contributed by atoms with Gasteiger partial charge in [-0.3, -0.25) is 0 Å². The molecule has 0 saturated carbocycles. The van der Waals surface area contributed by atoms with Crippen LogP contribution in [-0.4, -0.2) is 35.4 Å². The van der Waals surface area contributed by atoms with E-state index in [4.69, 9.17) is 9.47 Å². The van der Waals surface area contributed by atoms with E-state index in [1.807, 2.05) is 0 Å². The summed E-state index contributed by atoms with van der Waals surface area (Å²) in [5.74, 6) is -2.24. The van der Waals surface area contributed by atoms with E-state index in [1.54, 1.807) is 27.7 Å². The van der Waals surface area contributed by atoms with Crippen molar-refractivity contribution in [2.45, 2.75) is 39.9 Å². The average Bonchev–Trinajstić information content (AvgIpc) is 2.45. The molecule has 22 heavy (non-hydrogen) atoms. The van der Waals surface area contributed by atoms with Crippen molar-refractivity contribution in [3.05, 3.63) is 34.4 Å². The summed E-state index contributed by atoms with van der Waals surface area (Å²) in [6, 6.07) is 2.61. The molecular formula is C16H22O6. The van der Waals surface area contributed by atoms with Gasteiger partial charge in [-0.05, 0) is 39.8 Å². The van der Waals surface area contributed by atoms with Crippen molar-refractivity contribution < 1.29 is 29.3 Å². The van der Waals surface area contributed by atoms with E-state index in [1.165, 1.54) is 12.1 Å². The Labute approximate surface area is 129 Å². The highest BCUT2D eigenvalue weighted by molar-refractivity contribution is 5.95. The van der Waals surface area contributed by atoms with Crippen molar-refractivity contribution >= 4 is 11.9 Å². The van der Waals surface area contributed by atoms with Crippen LogP contribution in [0.1, 0.15) is 71.7 Å². The van der Waals surface area contributed by atoms with E-state index in [-0.39, 0.29) is 11.1 Å². The van der Waals surface area contributed by atoms with Gasteiger partial charge in [-0.2, -0.15) is 0 Å². The zero-order chi connectivity index (χ0) is 16.9. The number of hydrogen-bond acceptors (Lipinski definition) is 4. The summed E-state index contributed by atoms with van der Waals surface area (Å²) in [6.45, 7) is 7.78. The van der Waals surface area contributed by atoms with Crippen LogP contribution < -0.4 is 0 Å². The Morgan fingerprint density at radius 1 is 0.909 bits per heavy atom. The Kier molecular flexibility index (Phi) is 6.52. The van der Waals surface area contributed by atoms with Crippen molar-refractivity contribution in [1.82, 2.24) is 0 Å². The fourth-order valence-electron chi connectivity index (χ4n) is 2.55. The largest absolute Gasteiger partial charge is 0.478 e. The SMILES string of the molecule is CCOC(C)c1c(C(=O)O)ccc(C(=O)O)c1C(C)OCC. The van der Waals surface area contributed by atoms with Gasteiger partial charge in [0.2, 0.25) is 0 Å². The Morgan fingerprint density at radius 2 is 1.23 bits per heavy atom. The van der Waals surface area contributed by atoms with Crippen molar-refractivity contribution in [1.29, 1.82) is 0 Å². The number of benzene rings is 1. The van der Waals surface area contributed by atoms with Gasteiger partial charge in [0.15, 0.2) is 0 Å². The molecule has 2 N–H and O–H groups in total. The van der Waals surface area contributed by atoms with Crippen molar-refractivity contribution in [3.8, 4) is 0 Å². The minimum absolute atomic E-state index is 0.0347. The van der Waals surface area contributed by atoms with Crippen molar-refractivity contribution in [2.24, 2.45) is 0 Å². The molecule has 0 amide bonds. The van der Waals surface area contributed by atoms with E-state index in [2.05, 4.69) is 0 Å². The number of aromatic carboxylic acids is 2. The zero-order valence-electron chi connectivity index (χ0n) is 13.3. The molecule has 0 saturated heterocycles. The molecule has 0 fully saturated rings. The first-order valence-corrected chi connectivity index (χ1v) is 7.21. The third-order valence-corrected chi connectivity index (χ3v) is 3.39. The van der Waals surface area contributed by atoms with E-state index in [0.717, 1.165) is 0 Å². The summed E-state index contributed by atoms with van der Waals surface area (Å²) in [5, 5.41) is 18.8. The molecule has 122 valence electrons. The van der Waals surface area contributed by atoms with Gasteiger partial charge in [-0.15, -0.1) is 0 Å². The van der Waals surface area contributed by atoms with Gasteiger partial charge >= 0.3 is 11.9 Å². The molecule has 0 bridgehead atoms. The second kappa shape index (κ2) is 7.91. The lowest BCUT2D eigenvalue weighted by Gasteiger charge is -2.24. The van der Waals surface area contributed by atoms with Gasteiger partial charge in [0, 0.05) is 24.3 Å². The van der Waals surface area contributed by atoms with Crippen LogP contribution in [0, 0.1) is 0 Å². The number of carboxylic acid groups (broad SMARTS) is 2. The maximum absolute atomic E-state index is 11.5. The fourth-order valence-corrected chi connectivity index (χ4v) is 2.55. The van der Waals surface area contributed by atoms with Gasteiger partial charge in [0.1, 0.15) is 0 Å². The van der Waals surface area contributed by atoms with Gasteiger partial charge < -0.3 is 19.7 Å². The minimum Gasteiger partial charge on any atom is -0.478 e. The number of rotatable bonds is 8. The summed E-state index contributed by atoms with van der Waals surface area (Å²) < 4.78 is 11.0. The normalized spacial score (nSPS) is 13.6. The first kappa shape index (κ1) is 18.1. The summed E-state index contributed by atoms with van der Waals surface area (Å²) in [7, 11) is 0. The Hall–Kier alpha value is -1.92. The molecule has 1 aromatic rings. The first-order chi connectivity index (χ1) is 10.3. The molecule has 1 rings (SSSR count). The molecule has 0 radical (unpaired) electrons. The van der Waals surface area contributed by atoms with Gasteiger partial charge in [-0.1, -0.05) is 0 Å². The maximum atomic E-state index is 11.5. The second-order valence-corrected chi connectivity index (χ2v) is 4.79. The summed E-state index contributed by atoms with van der Waals surface area (Å²) in [5.41, 5.74) is 0.783. The summed E-state index contributed by atoms with van der Waals surface area (Å²) in [4.78, 5) is 23.0. The van der Waals surface area contributed by atoms with E-state index < -0.39 is 24.1 Å². The maximum Gasteiger partial charge on any atom is 0.336 e. The van der Waals surface area contributed by atoms with Crippen LogP contribution in [0.4, 0.5) is 0 Å². The average molecular weight is 310 g/mol. The Balaban J connectivity index is 3.64. The van der Waals surface area contributed by atoms with Gasteiger partial charge in [0.05, 0.1) is 23.3 Å². The van der Waals surface area contributed by atoms with Crippen LogP contribution in [0.2, 0.25) is 0 Å². The highest BCUT2D eigenvalue weighted by Crippen LogP contribution is 2.34. The monoisotopic (exact) mass is 310 g/mol. The lowest BCUT2D eigenvalue weighted by Crippen LogP contribution is -2.18. The molecule has 0 spiro atoms. The van der Waals surface area contributed by atoms with Gasteiger partial charge in [0.25, 0.3) is 0 Å². The van der Waals surface area contributed by atoms with E-state index >= 15 is 0 Å². The van der Waals surface area contributed by atoms with Crippen LogP contribution >= 0.6 is 0 Å². The van der Waals surface area contributed by atoms with Crippen molar-refractivity contribution in [3.63, 3.8) is 0 Å². The predicted octanol–water partition coefficient (Wildman–Crippen LogP) is 3.28. The molecule has 6 nitrogen and oxygen atoms in total. The lowest BCUT2D eigenvalue weighted by molar-refractivity contribution is 0.0532.